The highest BCUT2D eigenvalue weighted by Gasteiger charge is 2.38. The maximum absolute atomic E-state index is 11.6. The summed E-state index contributed by atoms with van der Waals surface area (Å²) in [4.78, 5) is 8.89. The van der Waals surface area contributed by atoms with Gasteiger partial charge in [0.1, 0.15) is 16.2 Å². The third-order valence-electron chi connectivity index (χ3n) is 3.30. The number of aromatic nitrogens is 2. The van der Waals surface area contributed by atoms with Crippen LogP contribution < -0.4 is 5.32 Å². The predicted octanol–water partition coefficient (Wildman–Crippen LogP) is 2.53. The summed E-state index contributed by atoms with van der Waals surface area (Å²) in [6, 6.07) is 1.78. The molecule has 1 aliphatic heterocycles. The van der Waals surface area contributed by atoms with Crippen molar-refractivity contribution in [3.63, 3.8) is 0 Å². The van der Waals surface area contributed by atoms with Gasteiger partial charge in [-0.1, -0.05) is 20.8 Å². The number of nitrogens with one attached hydrogen (secondary N) is 1. The highest BCUT2D eigenvalue weighted by Crippen LogP contribution is 2.29. The molecule has 2 rings (SSSR count). The van der Waals surface area contributed by atoms with Gasteiger partial charge in [0.05, 0.1) is 17.0 Å². The van der Waals surface area contributed by atoms with E-state index in [1.165, 1.54) is 0 Å². The normalized spacial score (nSPS) is 25.6. The van der Waals surface area contributed by atoms with Gasteiger partial charge in [-0.05, 0) is 29.3 Å². The van der Waals surface area contributed by atoms with E-state index in [1.807, 2.05) is 27.7 Å². The fourth-order valence-corrected chi connectivity index (χ4v) is 4.71. The Morgan fingerprint density at radius 3 is 2.50 bits per heavy atom. The summed E-state index contributed by atoms with van der Waals surface area (Å²) in [6.07, 6.45) is 0.599. The molecule has 0 aliphatic carbocycles. The monoisotopic (exact) mass is 361 g/mol. The second kappa shape index (κ2) is 4.94. The van der Waals surface area contributed by atoms with Crippen molar-refractivity contribution in [1.29, 1.82) is 0 Å². The van der Waals surface area contributed by atoms with Crippen molar-refractivity contribution in [1.82, 2.24) is 9.97 Å². The van der Waals surface area contributed by atoms with Crippen molar-refractivity contribution < 1.29 is 8.42 Å². The molecule has 0 aromatic carbocycles. The molecule has 1 aliphatic rings. The minimum atomic E-state index is -2.94. The van der Waals surface area contributed by atoms with Gasteiger partial charge in [-0.3, -0.25) is 0 Å². The molecule has 20 heavy (non-hydrogen) atoms. The molecule has 0 amide bonds. The van der Waals surface area contributed by atoms with E-state index in [-0.39, 0.29) is 16.9 Å². The largest absolute Gasteiger partial charge is 0.364 e. The lowest BCUT2D eigenvalue weighted by atomic mass is 9.96. The molecule has 1 aromatic rings. The molecular formula is C13H20BrN3O2S. The molecule has 112 valence electrons. The number of hydrogen-bond donors (Lipinski definition) is 1. The third kappa shape index (κ3) is 3.69. The second-order valence-electron chi connectivity index (χ2n) is 6.68. The van der Waals surface area contributed by atoms with E-state index in [9.17, 15) is 8.42 Å². The van der Waals surface area contributed by atoms with Gasteiger partial charge in [0.15, 0.2) is 9.84 Å². The maximum atomic E-state index is 11.6. The van der Waals surface area contributed by atoms with E-state index in [2.05, 4.69) is 31.2 Å². The lowest BCUT2D eigenvalue weighted by molar-refractivity contribution is 0.537. The highest BCUT2D eigenvalue weighted by atomic mass is 79.9. The predicted molar refractivity (Wildman–Crippen MR) is 83.7 cm³/mol. The summed E-state index contributed by atoms with van der Waals surface area (Å²) >= 11 is 3.39. The Morgan fingerprint density at radius 1 is 1.35 bits per heavy atom. The van der Waals surface area contributed by atoms with E-state index in [4.69, 9.17) is 0 Å². The summed E-state index contributed by atoms with van der Waals surface area (Å²) in [5.74, 6) is 1.76. The summed E-state index contributed by atoms with van der Waals surface area (Å²) < 4.78 is 24.0. The quantitative estimate of drug-likeness (QED) is 0.819. The van der Waals surface area contributed by atoms with E-state index in [0.717, 1.165) is 5.82 Å². The average molecular weight is 362 g/mol. The van der Waals surface area contributed by atoms with Crippen molar-refractivity contribution in [2.24, 2.45) is 0 Å². The van der Waals surface area contributed by atoms with Crippen LogP contribution in [0.25, 0.3) is 0 Å². The SMILES string of the molecule is CC1(Nc2cc(Br)nc(C(C)(C)C)n2)CCS(=O)(=O)C1. The Bertz CT molecular complexity index is 625. The maximum Gasteiger partial charge on any atom is 0.152 e. The van der Waals surface area contributed by atoms with Gasteiger partial charge in [0.2, 0.25) is 0 Å². The van der Waals surface area contributed by atoms with Crippen molar-refractivity contribution >= 4 is 31.6 Å². The Labute approximate surface area is 128 Å². The van der Waals surface area contributed by atoms with Gasteiger partial charge in [-0.25, -0.2) is 18.4 Å². The summed E-state index contributed by atoms with van der Waals surface area (Å²) in [5, 5.41) is 3.27. The summed E-state index contributed by atoms with van der Waals surface area (Å²) in [5.41, 5.74) is -0.620. The fourth-order valence-electron chi connectivity index (χ4n) is 2.24. The van der Waals surface area contributed by atoms with Crippen LogP contribution in [0.15, 0.2) is 10.7 Å². The molecule has 1 fully saturated rings. The van der Waals surface area contributed by atoms with Gasteiger partial charge >= 0.3 is 0 Å². The lowest BCUT2D eigenvalue weighted by Gasteiger charge is -2.26. The Morgan fingerprint density at radius 2 is 2.00 bits per heavy atom. The first-order valence-electron chi connectivity index (χ1n) is 6.53. The topological polar surface area (TPSA) is 72.0 Å². The van der Waals surface area contributed by atoms with Crippen LogP contribution in [-0.4, -0.2) is 35.4 Å². The van der Waals surface area contributed by atoms with Gasteiger partial charge in [0, 0.05) is 11.5 Å². The van der Waals surface area contributed by atoms with Crippen LogP contribution in [0, 0.1) is 0 Å². The Hall–Kier alpha value is -0.690. The van der Waals surface area contributed by atoms with E-state index < -0.39 is 15.4 Å². The lowest BCUT2D eigenvalue weighted by Crippen LogP contribution is -2.36. The molecule has 1 N–H and O–H groups in total. The minimum Gasteiger partial charge on any atom is -0.364 e. The summed E-state index contributed by atoms with van der Waals surface area (Å²) in [7, 11) is -2.94. The van der Waals surface area contributed by atoms with Crippen LogP contribution >= 0.6 is 15.9 Å². The molecule has 5 nitrogen and oxygen atoms in total. The zero-order valence-corrected chi connectivity index (χ0v) is 14.6. The van der Waals surface area contributed by atoms with Crippen LogP contribution in [0.4, 0.5) is 5.82 Å². The van der Waals surface area contributed by atoms with Crippen LogP contribution in [0.2, 0.25) is 0 Å². The number of halogens is 1. The first-order chi connectivity index (χ1) is 8.99. The molecule has 1 atom stereocenters. The summed E-state index contributed by atoms with van der Waals surface area (Å²) in [6.45, 7) is 8.05. The van der Waals surface area contributed by atoms with Crippen molar-refractivity contribution in [3.05, 3.63) is 16.5 Å². The third-order valence-corrected chi connectivity index (χ3v) is 5.61. The van der Waals surface area contributed by atoms with Gasteiger partial charge in [-0.15, -0.1) is 0 Å². The van der Waals surface area contributed by atoms with Crippen molar-refractivity contribution in [2.75, 3.05) is 16.8 Å². The molecule has 1 aromatic heterocycles. The Kier molecular flexibility index (Phi) is 3.88. The second-order valence-corrected chi connectivity index (χ2v) is 9.67. The first kappa shape index (κ1) is 15.7. The van der Waals surface area contributed by atoms with E-state index in [1.54, 1.807) is 6.07 Å². The minimum absolute atomic E-state index is 0.145. The zero-order chi connectivity index (χ0) is 15.2. The van der Waals surface area contributed by atoms with Crippen molar-refractivity contribution in [3.8, 4) is 0 Å². The molecule has 1 saturated heterocycles. The zero-order valence-electron chi connectivity index (χ0n) is 12.2. The number of nitrogens with zero attached hydrogens (tertiary/aromatic N) is 2. The van der Waals surface area contributed by atoms with Gasteiger partial charge in [0.25, 0.3) is 0 Å². The molecule has 0 bridgehead atoms. The standard InChI is InChI=1S/C13H20BrN3O2S/c1-12(2,3)11-15-9(14)7-10(16-11)17-13(4)5-6-20(18,19)8-13/h7H,5-6,8H2,1-4H3,(H,15,16,17). The molecule has 1 unspecified atom stereocenters. The van der Waals surface area contributed by atoms with Crippen molar-refractivity contribution in [2.45, 2.75) is 45.1 Å². The average Bonchev–Trinajstić information content (AvgIpc) is 2.50. The molecular weight excluding hydrogens is 342 g/mol. The fraction of sp³-hybridized carbons (Fsp3) is 0.692. The molecule has 7 heteroatoms. The number of anilines is 1. The van der Waals surface area contributed by atoms with E-state index in [0.29, 0.717) is 16.8 Å². The highest BCUT2D eigenvalue weighted by molar-refractivity contribution is 9.10. The molecule has 2 heterocycles. The number of rotatable bonds is 2. The van der Waals surface area contributed by atoms with Gasteiger partial charge < -0.3 is 5.32 Å². The van der Waals surface area contributed by atoms with Gasteiger partial charge in [-0.2, -0.15) is 0 Å². The number of hydrogen-bond acceptors (Lipinski definition) is 5. The first-order valence-corrected chi connectivity index (χ1v) is 9.14. The van der Waals surface area contributed by atoms with E-state index >= 15 is 0 Å². The van der Waals surface area contributed by atoms with Crippen LogP contribution in [0.5, 0.6) is 0 Å². The van der Waals surface area contributed by atoms with Crippen LogP contribution in [0.1, 0.15) is 39.9 Å². The molecule has 0 spiro atoms. The Balaban J connectivity index is 2.29. The van der Waals surface area contributed by atoms with Crippen LogP contribution in [-0.2, 0) is 15.3 Å². The molecule has 0 saturated carbocycles. The van der Waals surface area contributed by atoms with Crippen LogP contribution in [0.3, 0.4) is 0 Å². The smallest absolute Gasteiger partial charge is 0.152 e. The molecule has 0 radical (unpaired) electrons. The number of sulfone groups is 1.